The second-order valence-corrected chi connectivity index (χ2v) is 7.58. The number of carbonyl (C=O) groups excluding carboxylic acids is 1. The fourth-order valence-corrected chi connectivity index (χ4v) is 3.62. The van der Waals surface area contributed by atoms with Crippen molar-refractivity contribution >= 4 is 17.4 Å². The van der Waals surface area contributed by atoms with Gasteiger partial charge in [-0.15, -0.1) is 0 Å². The summed E-state index contributed by atoms with van der Waals surface area (Å²) in [5, 5.41) is 16.1. The molecule has 1 aromatic carbocycles. The Labute approximate surface area is 163 Å². The van der Waals surface area contributed by atoms with E-state index in [1.165, 1.54) is 29.8 Å². The van der Waals surface area contributed by atoms with Crippen LogP contribution in [0.4, 0.5) is 15.9 Å². The van der Waals surface area contributed by atoms with Crippen molar-refractivity contribution in [2.75, 3.05) is 5.32 Å². The van der Waals surface area contributed by atoms with Crippen LogP contribution in [0.1, 0.15) is 42.1 Å². The van der Waals surface area contributed by atoms with Crippen LogP contribution in [-0.2, 0) is 7.05 Å². The summed E-state index contributed by atoms with van der Waals surface area (Å²) in [5.74, 6) is -0.576. The van der Waals surface area contributed by atoms with E-state index in [9.17, 15) is 19.1 Å². The SMILES string of the molecule is Cc1ccc(Nc2c(C(=O)N[C@@H]3CCC[C@@H](C)[C@H]3O)ccc(=O)n2C)c(F)c1. The van der Waals surface area contributed by atoms with Gasteiger partial charge in [0.2, 0.25) is 0 Å². The number of nitrogens with one attached hydrogen (secondary N) is 2. The molecule has 0 bridgehead atoms. The molecule has 1 amide bonds. The summed E-state index contributed by atoms with van der Waals surface area (Å²) in [4.78, 5) is 25.0. The summed E-state index contributed by atoms with van der Waals surface area (Å²) in [6.45, 7) is 3.74. The zero-order chi connectivity index (χ0) is 20.4. The molecule has 7 heteroatoms. The van der Waals surface area contributed by atoms with Gasteiger partial charge < -0.3 is 15.7 Å². The molecular formula is C21H26FN3O3. The molecule has 3 atom stereocenters. The van der Waals surface area contributed by atoms with Gasteiger partial charge in [-0.25, -0.2) is 4.39 Å². The lowest BCUT2D eigenvalue weighted by Gasteiger charge is -2.33. The molecule has 1 fully saturated rings. The minimum Gasteiger partial charge on any atom is -0.391 e. The molecule has 0 unspecified atom stereocenters. The van der Waals surface area contributed by atoms with Crippen LogP contribution in [0, 0.1) is 18.7 Å². The molecule has 1 heterocycles. The van der Waals surface area contributed by atoms with Crippen molar-refractivity contribution in [2.24, 2.45) is 13.0 Å². The van der Waals surface area contributed by atoms with Gasteiger partial charge in [-0.3, -0.25) is 14.2 Å². The Morgan fingerprint density at radius 1 is 1.25 bits per heavy atom. The smallest absolute Gasteiger partial charge is 0.255 e. The van der Waals surface area contributed by atoms with Gasteiger partial charge in [0.05, 0.1) is 23.4 Å². The standard InChI is InChI=1S/C21H26FN3O3/c1-12-7-9-16(15(22)11-12)23-20-14(8-10-18(26)25(20)3)21(28)24-17-6-4-5-13(2)19(17)27/h7-11,13,17,19,23,27H,4-6H2,1-3H3,(H,24,28)/t13-,17-,19-/m1/s1. The van der Waals surface area contributed by atoms with E-state index in [1.807, 2.05) is 6.92 Å². The van der Waals surface area contributed by atoms with E-state index in [0.717, 1.165) is 18.4 Å². The molecule has 1 aliphatic carbocycles. The average molecular weight is 387 g/mol. The molecule has 6 nitrogen and oxygen atoms in total. The number of aryl methyl sites for hydroxylation is 1. The largest absolute Gasteiger partial charge is 0.391 e. The number of halogens is 1. The third-order valence-electron chi connectivity index (χ3n) is 5.42. The Hall–Kier alpha value is -2.67. The summed E-state index contributed by atoms with van der Waals surface area (Å²) >= 11 is 0. The molecule has 28 heavy (non-hydrogen) atoms. The molecular weight excluding hydrogens is 361 g/mol. The van der Waals surface area contributed by atoms with Crippen molar-refractivity contribution in [3.8, 4) is 0 Å². The van der Waals surface area contributed by atoms with E-state index in [0.29, 0.717) is 6.42 Å². The van der Waals surface area contributed by atoms with Gasteiger partial charge in [0.25, 0.3) is 11.5 Å². The Bertz CT molecular complexity index is 941. The van der Waals surface area contributed by atoms with Crippen LogP contribution < -0.4 is 16.2 Å². The Morgan fingerprint density at radius 2 is 2.00 bits per heavy atom. The fraction of sp³-hybridized carbons (Fsp3) is 0.429. The molecule has 1 saturated carbocycles. The summed E-state index contributed by atoms with van der Waals surface area (Å²) in [6.07, 6.45) is 1.93. The van der Waals surface area contributed by atoms with E-state index >= 15 is 0 Å². The summed E-state index contributed by atoms with van der Waals surface area (Å²) in [7, 11) is 1.52. The van der Waals surface area contributed by atoms with Crippen LogP contribution in [0.5, 0.6) is 0 Å². The van der Waals surface area contributed by atoms with Gasteiger partial charge >= 0.3 is 0 Å². The molecule has 0 saturated heterocycles. The minimum absolute atomic E-state index is 0.110. The molecule has 0 radical (unpaired) electrons. The van der Waals surface area contributed by atoms with Crippen LogP contribution in [0.25, 0.3) is 0 Å². The van der Waals surface area contributed by atoms with E-state index in [2.05, 4.69) is 10.6 Å². The van der Waals surface area contributed by atoms with Crippen molar-refractivity contribution in [2.45, 2.75) is 45.3 Å². The second-order valence-electron chi connectivity index (χ2n) is 7.58. The first kappa shape index (κ1) is 20.1. The summed E-state index contributed by atoms with van der Waals surface area (Å²) in [5.41, 5.74) is 0.834. The maximum absolute atomic E-state index is 14.3. The lowest BCUT2D eigenvalue weighted by atomic mass is 9.84. The Balaban J connectivity index is 1.91. The van der Waals surface area contributed by atoms with Crippen molar-refractivity contribution in [3.05, 3.63) is 57.6 Å². The fourth-order valence-electron chi connectivity index (χ4n) is 3.62. The van der Waals surface area contributed by atoms with Gasteiger partial charge in [0, 0.05) is 13.1 Å². The Morgan fingerprint density at radius 3 is 2.71 bits per heavy atom. The lowest BCUT2D eigenvalue weighted by Crippen LogP contribution is -2.48. The number of pyridine rings is 1. The molecule has 150 valence electrons. The first-order valence-corrected chi connectivity index (χ1v) is 9.50. The highest BCUT2D eigenvalue weighted by atomic mass is 19.1. The number of aliphatic hydroxyl groups is 1. The second kappa shape index (κ2) is 8.14. The first-order valence-electron chi connectivity index (χ1n) is 9.50. The van der Waals surface area contributed by atoms with Crippen LogP contribution in [0.2, 0.25) is 0 Å². The van der Waals surface area contributed by atoms with E-state index in [-0.39, 0.29) is 34.6 Å². The van der Waals surface area contributed by atoms with Crippen LogP contribution in [0.15, 0.2) is 35.1 Å². The number of benzene rings is 1. The van der Waals surface area contributed by atoms with Gasteiger partial charge in [-0.05, 0) is 49.4 Å². The number of amides is 1. The quantitative estimate of drug-likeness (QED) is 0.753. The van der Waals surface area contributed by atoms with Crippen molar-refractivity contribution < 1.29 is 14.3 Å². The third kappa shape index (κ3) is 4.09. The molecule has 3 rings (SSSR count). The number of hydrogen-bond donors (Lipinski definition) is 3. The lowest BCUT2D eigenvalue weighted by molar-refractivity contribution is 0.0420. The molecule has 0 spiro atoms. The molecule has 1 aromatic heterocycles. The molecule has 3 N–H and O–H groups in total. The minimum atomic E-state index is -0.615. The Kier molecular flexibility index (Phi) is 5.84. The normalized spacial score (nSPS) is 22.0. The predicted molar refractivity (Wildman–Crippen MR) is 106 cm³/mol. The van der Waals surface area contributed by atoms with Crippen molar-refractivity contribution in [1.82, 2.24) is 9.88 Å². The number of aliphatic hydroxyl groups excluding tert-OH is 1. The molecule has 2 aromatic rings. The van der Waals surface area contributed by atoms with Gasteiger partial charge in [-0.2, -0.15) is 0 Å². The van der Waals surface area contributed by atoms with Crippen LogP contribution in [-0.4, -0.2) is 27.7 Å². The maximum atomic E-state index is 14.3. The van der Waals surface area contributed by atoms with Crippen LogP contribution >= 0.6 is 0 Å². The topological polar surface area (TPSA) is 83.4 Å². The van der Waals surface area contributed by atoms with Crippen LogP contribution in [0.3, 0.4) is 0 Å². The predicted octanol–water partition coefficient (Wildman–Crippen LogP) is 2.86. The number of rotatable bonds is 4. The van der Waals surface area contributed by atoms with Crippen molar-refractivity contribution in [1.29, 1.82) is 0 Å². The third-order valence-corrected chi connectivity index (χ3v) is 5.42. The summed E-state index contributed by atoms with van der Waals surface area (Å²) < 4.78 is 15.6. The number of carbonyl (C=O) groups is 1. The van der Waals surface area contributed by atoms with E-state index in [4.69, 9.17) is 0 Å². The average Bonchev–Trinajstić information content (AvgIpc) is 2.64. The van der Waals surface area contributed by atoms with Gasteiger partial charge in [0.1, 0.15) is 11.6 Å². The number of hydrogen-bond acceptors (Lipinski definition) is 4. The highest BCUT2D eigenvalue weighted by Crippen LogP contribution is 2.26. The number of nitrogens with zero attached hydrogens (tertiary/aromatic N) is 1. The zero-order valence-corrected chi connectivity index (χ0v) is 16.3. The first-order chi connectivity index (χ1) is 13.3. The highest BCUT2D eigenvalue weighted by molar-refractivity contribution is 5.99. The molecule has 0 aliphatic heterocycles. The summed E-state index contributed by atoms with van der Waals surface area (Å²) in [6, 6.07) is 7.05. The van der Waals surface area contributed by atoms with Gasteiger partial charge in [0.15, 0.2) is 0 Å². The maximum Gasteiger partial charge on any atom is 0.255 e. The zero-order valence-electron chi connectivity index (χ0n) is 16.3. The van der Waals surface area contributed by atoms with Gasteiger partial charge in [-0.1, -0.05) is 19.4 Å². The monoisotopic (exact) mass is 387 g/mol. The van der Waals surface area contributed by atoms with E-state index < -0.39 is 17.8 Å². The number of anilines is 2. The van der Waals surface area contributed by atoms with E-state index in [1.54, 1.807) is 19.1 Å². The molecule has 1 aliphatic rings. The number of aromatic nitrogens is 1. The highest BCUT2D eigenvalue weighted by Gasteiger charge is 2.31. The van der Waals surface area contributed by atoms with Crippen molar-refractivity contribution in [3.63, 3.8) is 0 Å².